The van der Waals surface area contributed by atoms with Crippen molar-refractivity contribution in [1.82, 2.24) is 10.2 Å². The summed E-state index contributed by atoms with van der Waals surface area (Å²) in [5.41, 5.74) is 0.761. The first-order valence-corrected chi connectivity index (χ1v) is 7.06. The van der Waals surface area contributed by atoms with Crippen LogP contribution in [0.4, 0.5) is 13.6 Å². The summed E-state index contributed by atoms with van der Waals surface area (Å²) in [5, 5.41) is 2.74. The van der Waals surface area contributed by atoms with Gasteiger partial charge in [-0.15, -0.1) is 0 Å². The van der Waals surface area contributed by atoms with E-state index in [1.54, 1.807) is 49.7 Å². The van der Waals surface area contributed by atoms with Gasteiger partial charge in [-0.1, -0.05) is 12.1 Å². The second-order valence-corrected chi connectivity index (χ2v) is 4.94. The Morgan fingerprint density at radius 1 is 1.35 bits per heavy atom. The largest absolute Gasteiger partial charge is 0.488 e. The van der Waals surface area contributed by atoms with Crippen LogP contribution in [0, 0.1) is 0 Å². The van der Waals surface area contributed by atoms with Crippen molar-refractivity contribution in [2.45, 2.75) is 19.5 Å². The summed E-state index contributed by atoms with van der Waals surface area (Å²) in [5.74, 6) is 1.03. The number of alkyl halides is 2. The Balaban J connectivity index is 1.82. The van der Waals surface area contributed by atoms with Crippen molar-refractivity contribution in [3.63, 3.8) is 0 Å². The molecule has 124 valence electrons. The zero-order valence-electron chi connectivity index (χ0n) is 12.7. The molecular weight excluding hydrogens is 306 g/mol. The standard InChI is InChI=1S/C16H18F2N2O3/c1-20(10-14-6-3-7-22-14)16(21)19-9-12-4-2-5-13(8-12)23-11-15(17)18/h2-8,15H,9-11H2,1H3,(H,19,21). The Morgan fingerprint density at radius 3 is 2.87 bits per heavy atom. The van der Waals surface area contributed by atoms with Gasteiger partial charge in [-0.05, 0) is 29.8 Å². The highest BCUT2D eigenvalue weighted by atomic mass is 19.3. The highest BCUT2D eigenvalue weighted by Gasteiger charge is 2.10. The van der Waals surface area contributed by atoms with E-state index in [0.717, 1.165) is 5.56 Å². The first-order chi connectivity index (χ1) is 11.0. The molecule has 0 fully saturated rings. The van der Waals surface area contributed by atoms with Crippen LogP contribution in [0.5, 0.6) is 5.75 Å². The van der Waals surface area contributed by atoms with E-state index in [1.807, 2.05) is 0 Å². The smallest absolute Gasteiger partial charge is 0.317 e. The summed E-state index contributed by atoms with van der Waals surface area (Å²) >= 11 is 0. The minimum atomic E-state index is -2.52. The van der Waals surface area contributed by atoms with Crippen LogP contribution in [0.3, 0.4) is 0 Å². The van der Waals surface area contributed by atoms with E-state index in [4.69, 9.17) is 9.15 Å². The summed E-state index contributed by atoms with van der Waals surface area (Å²) in [4.78, 5) is 13.5. The zero-order valence-corrected chi connectivity index (χ0v) is 12.7. The average Bonchev–Trinajstić information content (AvgIpc) is 3.04. The van der Waals surface area contributed by atoms with E-state index in [2.05, 4.69) is 5.32 Å². The number of carbonyl (C=O) groups excluding carboxylic acids is 1. The normalized spacial score (nSPS) is 10.6. The monoisotopic (exact) mass is 324 g/mol. The molecule has 1 aromatic carbocycles. The second-order valence-electron chi connectivity index (χ2n) is 4.94. The summed E-state index contributed by atoms with van der Waals surface area (Å²) in [6, 6.07) is 9.96. The maximum atomic E-state index is 12.1. The lowest BCUT2D eigenvalue weighted by Crippen LogP contribution is -2.36. The number of furan rings is 1. The number of amides is 2. The predicted octanol–water partition coefficient (Wildman–Crippen LogP) is 3.27. The summed E-state index contributed by atoms with van der Waals surface area (Å²) in [6.07, 6.45) is -0.972. The maximum Gasteiger partial charge on any atom is 0.317 e. The van der Waals surface area contributed by atoms with Crippen molar-refractivity contribution in [2.75, 3.05) is 13.7 Å². The average molecular weight is 324 g/mol. The number of ether oxygens (including phenoxy) is 1. The number of rotatable bonds is 7. The Bertz CT molecular complexity index is 618. The van der Waals surface area contributed by atoms with Crippen molar-refractivity contribution in [1.29, 1.82) is 0 Å². The van der Waals surface area contributed by atoms with Crippen LogP contribution < -0.4 is 10.1 Å². The van der Waals surface area contributed by atoms with Gasteiger partial charge in [0.15, 0.2) is 0 Å². The lowest BCUT2D eigenvalue weighted by molar-refractivity contribution is 0.0818. The second kappa shape index (κ2) is 8.17. The fraction of sp³-hybridized carbons (Fsp3) is 0.312. The number of urea groups is 1. The van der Waals surface area contributed by atoms with E-state index in [9.17, 15) is 13.6 Å². The fourth-order valence-electron chi connectivity index (χ4n) is 1.93. The van der Waals surface area contributed by atoms with E-state index in [-0.39, 0.29) is 12.6 Å². The molecule has 1 heterocycles. The number of hydrogen-bond donors (Lipinski definition) is 1. The van der Waals surface area contributed by atoms with E-state index < -0.39 is 13.0 Å². The molecule has 2 aromatic rings. The highest BCUT2D eigenvalue weighted by molar-refractivity contribution is 5.73. The number of hydrogen-bond acceptors (Lipinski definition) is 3. The number of nitrogens with zero attached hydrogens (tertiary/aromatic N) is 1. The molecule has 0 atom stereocenters. The van der Waals surface area contributed by atoms with Gasteiger partial charge in [0.25, 0.3) is 6.43 Å². The van der Waals surface area contributed by atoms with Crippen molar-refractivity contribution < 1.29 is 22.7 Å². The molecule has 0 aliphatic rings. The molecule has 1 aromatic heterocycles. The van der Waals surface area contributed by atoms with Crippen LogP contribution in [-0.2, 0) is 13.1 Å². The molecule has 5 nitrogen and oxygen atoms in total. The first-order valence-electron chi connectivity index (χ1n) is 7.06. The number of halogens is 2. The topological polar surface area (TPSA) is 54.7 Å². The van der Waals surface area contributed by atoms with Crippen LogP contribution in [0.15, 0.2) is 47.1 Å². The lowest BCUT2D eigenvalue weighted by Gasteiger charge is -2.17. The zero-order chi connectivity index (χ0) is 16.7. The van der Waals surface area contributed by atoms with Gasteiger partial charge in [0.2, 0.25) is 0 Å². The highest BCUT2D eigenvalue weighted by Crippen LogP contribution is 2.14. The van der Waals surface area contributed by atoms with Crippen molar-refractivity contribution >= 4 is 6.03 Å². The van der Waals surface area contributed by atoms with Gasteiger partial charge in [-0.2, -0.15) is 0 Å². The third-order valence-electron chi connectivity index (χ3n) is 3.04. The van der Waals surface area contributed by atoms with Crippen molar-refractivity contribution in [3.05, 3.63) is 54.0 Å². The van der Waals surface area contributed by atoms with E-state index in [0.29, 0.717) is 18.1 Å². The first kappa shape index (κ1) is 16.8. The molecule has 0 aliphatic carbocycles. The molecule has 0 aliphatic heterocycles. The Hall–Kier alpha value is -2.57. The molecule has 2 rings (SSSR count). The van der Waals surface area contributed by atoms with Gasteiger partial charge < -0.3 is 19.4 Å². The van der Waals surface area contributed by atoms with Crippen LogP contribution in [0.1, 0.15) is 11.3 Å². The third kappa shape index (κ3) is 5.61. The Kier molecular flexibility index (Phi) is 5.96. The molecular formula is C16H18F2N2O3. The van der Waals surface area contributed by atoms with Crippen LogP contribution in [0.25, 0.3) is 0 Å². The number of nitrogens with one attached hydrogen (secondary N) is 1. The molecule has 0 unspecified atom stereocenters. The Morgan fingerprint density at radius 2 is 2.17 bits per heavy atom. The van der Waals surface area contributed by atoms with Crippen molar-refractivity contribution in [3.8, 4) is 5.75 Å². The van der Waals surface area contributed by atoms with Gasteiger partial charge in [0.1, 0.15) is 18.1 Å². The molecule has 0 saturated carbocycles. The van der Waals surface area contributed by atoms with Gasteiger partial charge >= 0.3 is 6.03 Å². The van der Waals surface area contributed by atoms with Gasteiger partial charge in [-0.3, -0.25) is 0 Å². The SMILES string of the molecule is CN(Cc1ccco1)C(=O)NCc1cccc(OCC(F)F)c1. The van der Waals surface area contributed by atoms with E-state index in [1.165, 1.54) is 4.90 Å². The number of carbonyl (C=O) groups is 1. The van der Waals surface area contributed by atoms with Crippen LogP contribution >= 0.6 is 0 Å². The minimum Gasteiger partial charge on any atom is -0.488 e. The summed E-state index contributed by atoms with van der Waals surface area (Å²) < 4.78 is 34.4. The Labute approximate surface area is 132 Å². The van der Waals surface area contributed by atoms with Gasteiger partial charge in [0, 0.05) is 13.6 Å². The molecule has 0 spiro atoms. The summed E-state index contributed by atoms with van der Waals surface area (Å²) in [6.45, 7) is -0.0225. The number of benzene rings is 1. The van der Waals surface area contributed by atoms with Gasteiger partial charge in [0.05, 0.1) is 12.8 Å². The quantitative estimate of drug-likeness (QED) is 0.850. The fourth-order valence-corrected chi connectivity index (χ4v) is 1.93. The molecule has 0 bridgehead atoms. The predicted molar refractivity (Wildman–Crippen MR) is 80.4 cm³/mol. The summed E-state index contributed by atoms with van der Waals surface area (Å²) in [7, 11) is 1.65. The lowest BCUT2D eigenvalue weighted by atomic mass is 10.2. The molecule has 0 saturated heterocycles. The minimum absolute atomic E-state index is 0.264. The molecule has 23 heavy (non-hydrogen) atoms. The van der Waals surface area contributed by atoms with E-state index >= 15 is 0 Å². The molecule has 7 heteroatoms. The molecule has 1 N–H and O–H groups in total. The maximum absolute atomic E-state index is 12.1. The van der Waals surface area contributed by atoms with Crippen molar-refractivity contribution in [2.24, 2.45) is 0 Å². The molecule has 2 amide bonds. The van der Waals surface area contributed by atoms with Crippen LogP contribution in [0.2, 0.25) is 0 Å². The van der Waals surface area contributed by atoms with Gasteiger partial charge in [-0.25, -0.2) is 13.6 Å². The third-order valence-corrected chi connectivity index (χ3v) is 3.04. The van der Waals surface area contributed by atoms with Crippen LogP contribution in [-0.4, -0.2) is 31.0 Å². The molecule has 0 radical (unpaired) electrons.